The molecule has 1 heterocycles. The number of hydrogen-bond donors (Lipinski definition) is 0. The molecule has 1 nitrogen and oxygen atoms in total. The second kappa shape index (κ2) is 6.03. The van der Waals surface area contributed by atoms with E-state index in [2.05, 4.69) is 109 Å². The highest BCUT2D eigenvalue weighted by atomic mass is 15.2. The minimum Gasteiger partial charge on any atom is -0.333 e. The lowest BCUT2D eigenvalue weighted by molar-refractivity contribution is 0.744. The van der Waals surface area contributed by atoms with E-state index < -0.39 is 0 Å². The summed E-state index contributed by atoms with van der Waals surface area (Å²) < 4.78 is 0. The lowest BCUT2D eigenvalue weighted by atomic mass is 9.85. The van der Waals surface area contributed by atoms with Gasteiger partial charge in [0.05, 0.1) is 6.04 Å². The summed E-state index contributed by atoms with van der Waals surface area (Å²) in [4.78, 5) is 2.49. The van der Waals surface area contributed by atoms with Crippen molar-refractivity contribution in [2.75, 3.05) is 4.90 Å². The lowest BCUT2D eigenvalue weighted by Crippen LogP contribution is -2.28. The Kier molecular flexibility index (Phi) is 3.53. The number of benzene rings is 3. The largest absolute Gasteiger partial charge is 0.333 e. The van der Waals surface area contributed by atoms with Crippen molar-refractivity contribution in [3.8, 4) is 0 Å². The molecule has 0 bridgehead atoms. The zero-order valence-corrected chi connectivity index (χ0v) is 14.8. The fourth-order valence-corrected chi connectivity index (χ4v) is 4.36. The smallest absolute Gasteiger partial charge is 0.0630 e. The predicted octanol–water partition coefficient (Wildman–Crippen LogP) is 6.25. The molecule has 2 atom stereocenters. The van der Waals surface area contributed by atoms with Gasteiger partial charge in [0.15, 0.2) is 0 Å². The SMILES string of the molecule is Cc1cccc2c1C1C=C(c3ccccc3)C=CC1N2c1ccccc1. The Bertz CT molecular complexity index is 999. The van der Waals surface area contributed by atoms with Crippen LogP contribution in [-0.4, -0.2) is 6.04 Å². The van der Waals surface area contributed by atoms with Gasteiger partial charge in [-0.1, -0.05) is 78.9 Å². The summed E-state index contributed by atoms with van der Waals surface area (Å²) in [6.07, 6.45) is 7.11. The zero-order chi connectivity index (χ0) is 17.5. The first kappa shape index (κ1) is 15.2. The minimum atomic E-state index is 0.334. The van der Waals surface area contributed by atoms with Crippen LogP contribution < -0.4 is 4.90 Å². The highest BCUT2D eigenvalue weighted by molar-refractivity contribution is 5.83. The molecule has 0 saturated carbocycles. The number of anilines is 2. The van der Waals surface area contributed by atoms with E-state index >= 15 is 0 Å². The summed E-state index contributed by atoms with van der Waals surface area (Å²) in [6.45, 7) is 2.23. The Labute approximate surface area is 154 Å². The Balaban J connectivity index is 1.66. The molecule has 1 aliphatic carbocycles. The quantitative estimate of drug-likeness (QED) is 0.535. The van der Waals surface area contributed by atoms with E-state index in [-0.39, 0.29) is 0 Å². The first-order valence-electron chi connectivity index (χ1n) is 9.22. The first-order valence-corrected chi connectivity index (χ1v) is 9.22. The van der Waals surface area contributed by atoms with E-state index in [4.69, 9.17) is 0 Å². The molecule has 0 saturated heterocycles. The van der Waals surface area contributed by atoms with Crippen molar-refractivity contribution in [3.05, 3.63) is 114 Å². The molecule has 0 radical (unpaired) electrons. The minimum absolute atomic E-state index is 0.334. The van der Waals surface area contributed by atoms with Crippen LogP contribution in [0.3, 0.4) is 0 Å². The monoisotopic (exact) mass is 335 g/mol. The molecule has 1 heteroatoms. The van der Waals surface area contributed by atoms with Gasteiger partial charge in [0, 0.05) is 17.3 Å². The molecule has 26 heavy (non-hydrogen) atoms. The number of hydrogen-bond acceptors (Lipinski definition) is 1. The molecule has 126 valence electrons. The third-order valence-electron chi connectivity index (χ3n) is 5.53. The van der Waals surface area contributed by atoms with Gasteiger partial charge in [0.25, 0.3) is 0 Å². The van der Waals surface area contributed by atoms with Crippen LogP contribution in [0, 0.1) is 6.92 Å². The molecule has 0 fully saturated rings. The molecule has 2 unspecified atom stereocenters. The van der Waals surface area contributed by atoms with E-state index in [1.54, 1.807) is 0 Å². The van der Waals surface area contributed by atoms with Crippen LogP contribution in [-0.2, 0) is 0 Å². The van der Waals surface area contributed by atoms with Gasteiger partial charge >= 0.3 is 0 Å². The van der Waals surface area contributed by atoms with Crippen LogP contribution in [0.5, 0.6) is 0 Å². The Hall–Kier alpha value is -3.06. The van der Waals surface area contributed by atoms with Crippen LogP contribution in [0.1, 0.15) is 22.6 Å². The van der Waals surface area contributed by atoms with Crippen molar-refractivity contribution >= 4 is 16.9 Å². The summed E-state index contributed by atoms with van der Waals surface area (Å²) in [6, 6.07) is 28.4. The van der Waals surface area contributed by atoms with Crippen molar-refractivity contribution < 1.29 is 0 Å². The molecule has 0 amide bonds. The predicted molar refractivity (Wildman–Crippen MR) is 110 cm³/mol. The van der Waals surface area contributed by atoms with Crippen molar-refractivity contribution in [1.82, 2.24) is 0 Å². The topological polar surface area (TPSA) is 3.24 Å². The second-order valence-corrected chi connectivity index (χ2v) is 7.08. The average Bonchev–Trinajstić information content (AvgIpc) is 3.04. The number of fused-ring (bicyclic) bond motifs is 3. The maximum atomic E-state index is 2.49. The van der Waals surface area contributed by atoms with Crippen molar-refractivity contribution in [3.63, 3.8) is 0 Å². The Morgan fingerprint density at radius 1 is 0.769 bits per heavy atom. The van der Waals surface area contributed by atoms with Gasteiger partial charge in [0.1, 0.15) is 0 Å². The number of allylic oxidation sites excluding steroid dienone is 2. The van der Waals surface area contributed by atoms with Gasteiger partial charge < -0.3 is 4.90 Å². The molecule has 1 aliphatic heterocycles. The van der Waals surface area contributed by atoms with Crippen molar-refractivity contribution in [2.45, 2.75) is 18.9 Å². The van der Waals surface area contributed by atoms with E-state index in [9.17, 15) is 0 Å². The fourth-order valence-electron chi connectivity index (χ4n) is 4.36. The van der Waals surface area contributed by atoms with E-state index in [0.29, 0.717) is 12.0 Å². The molecular formula is C25H21N. The average molecular weight is 335 g/mol. The van der Waals surface area contributed by atoms with Crippen molar-refractivity contribution in [2.24, 2.45) is 0 Å². The van der Waals surface area contributed by atoms with Gasteiger partial charge in [0.2, 0.25) is 0 Å². The first-order chi connectivity index (χ1) is 12.8. The summed E-state index contributed by atoms with van der Waals surface area (Å²) in [5.41, 5.74) is 8.02. The number of para-hydroxylation sites is 1. The molecular weight excluding hydrogens is 314 g/mol. The van der Waals surface area contributed by atoms with Gasteiger partial charge in [-0.2, -0.15) is 0 Å². The van der Waals surface area contributed by atoms with Crippen LogP contribution >= 0.6 is 0 Å². The Morgan fingerprint density at radius 2 is 1.50 bits per heavy atom. The van der Waals surface area contributed by atoms with Crippen LogP contribution in [0.25, 0.3) is 5.57 Å². The highest BCUT2D eigenvalue weighted by Crippen LogP contribution is 2.50. The maximum Gasteiger partial charge on any atom is 0.0630 e. The molecule has 0 spiro atoms. The van der Waals surface area contributed by atoms with Gasteiger partial charge in [-0.3, -0.25) is 0 Å². The lowest BCUT2D eigenvalue weighted by Gasteiger charge is -2.29. The van der Waals surface area contributed by atoms with Crippen LogP contribution in [0.2, 0.25) is 0 Å². The standard InChI is InChI=1S/C25H21N/c1-18-9-8-14-24-25(18)22-17-20(19-10-4-2-5-11-19)15-16-23(22)26(24)21-12-6-3-7-13-21/h2-17,22-23H,1H3. The number of nitrogens with zero attached hydrogens (tertiary/aromatic N) is 1. The normalized spacial score (nSPS) is 20.5. The van der Waals surface area contributed by atoms with Gasteiger partial charge in [-0.05, 0) is 47.4 Å². The summed E-state index contributed by atoms with van der Waals surface area (Å²) >= 11 is 0. The molecule has 3 aromatic carbocycles. The van der Waals surface area contributed by atoms with Crippen LogP contribution in [0.4, 0.5) is 11.4 Å². The molecule has 2 aliphatic rings. The number of aryl methyl sites for hydroxylation is 1. The Morgan fingerprint density at radius 3 is 2.27 bits per heavy atom. The highest BCUT2D eigenvalue weighted by Gasteiger charge is 2.39. The molecule has 0 aromatic heterocycles. The maximum absolute atomic E-state index is 2.49. The van der Waals surface area contributed by atoms with E-state index in [1.807, 2.05) is 0 Å². The third-order valence-corrected chi connectivity index (χ3v) is 5.53. The van der Waals surface area contributed by atoms with E-state index in [0.717, 1.165) is 0 Å². The molecule has 5 rings (SSSR count). The van der Waals surface area contributed by atoms with E-state index in [1.165, 1.54) is 33.6 Å². The second-order valence-electron chi connectivity index (χ2n) is 7.08. The summed E-state index contributed by atoms with van der Waals surface area (Å²) in [5, 5.41) is 0. The molecule has 0 N–H and O–H groups in total. The fraction of sp³-hybridized carbons (Fsp3) is 0.120. The van der Waals surface area contributed by atoms with Gasteiger partial charge in [-0.15, -0.1) is 0 Å². The summed E-state index contributed by atoms with van der Waals surface area (Å²) in [5.74, 6) is 0.381. The van der Waals surface area contributed by atoms with Crippen LogP contribution in [0.15, 0.2) is 97.1 Å². The third kappa shape index (κ3) is 2.32. The number of rotatable bonds is 2. The van der Waals surface area contributed by atoms with Gasteiger partial charge in [-0.25, -0.2) is 0 Å². The summed E-state index contributed by atoms with van der Waals surface area (Å²) in [7, 11) is 0. The van der Waals surface area contributed by atoms with Crippen molar-refractivity contribution in [1.29, 1.82) is 0 Å². The molecule has 3 aromatic rings. The zero-order valence-electron chi connectivity index (χ0n) is 14.8.